The lowest BCUT2D eigenvalue weighted by Crippen LogP contribution is -2.56. The molecule has 1 amide bonds. The summed E-state index contributed by atoms with van der Waals surface area (Å²) in [6, 6.07) is 10.2. The topological polar surface area (TPSA) is 41.6 Å². The number of nitrogens with one attached hydrogen (secondary N) is 1. The van der Waals surface area contributed by atoms with E-state index in [1.54, 1.807) is 0 Å². The number of morpholine rings is 1. The average Bonchev–Trinajstić information content (AvgIpc) is 2.47. The van der Waals surface area contributed by atoms with E-state index in [0.717, 1.165) is 12.1 Å². The summed E-state index contributed by atoms with van der Waals surface area (Å²) in [5.74, 6) is 0.432. The highest BCUT2D eigenvalue weighted by Crippen LogP contribution is 2.22. The summed E-state index contributed by atoms with van der Waals surface area (Å²) in [6.07, 6.45) is 0. The monoisotopic (exact) mass is 304 g/mol. The lowest BCUT2D eigenvalue weighted by molar-refractivity contribution is -0.128. The molecule has 1 aliphatic heterocycles. The van der Waals surface area contributed by atoms with Crippen molar-refractivity contribution in [3.8, 4) is 0 Å². The number of benzene rings is 1. The van der Waals surface area contributed by atoms with Crippen LogP contribution in [0.2, 0.25) is 0 Å². The highest BCUT2D eigenvalue weighted by molar-refractivity contribution is 5.78. The van der Waals surface area contributed by atoms with Gasteiger partial charge in [-0.15, -0.1) is 0 Å². The molecule has 1 heterocycles. The maximum atomic E-state index is 12.5. The van der Waals surface area contributed by atoms with E-state index in [1.165, 1.54) is 0 Å². The maximum Gasteiger partial charge on any atom is 0.234 e. The van der Waals surface area contributed by atoms with Crippen molar-refractivity contribution in [3.05, 3.63) is 35.9 Å². The highest BCUT2D eigenvalue weighted by Gasteiger charge is 2.32. The Kier molecular flexibility index (Phi) is 5.59. The lowest BCUT2D eigenvalue weighted by Gasteiger charge is -2.41. The summed E-state index contributed by atoms with van der Waals surface area (Å²) < 4.78 is 5.51. The summed E-state index contributed by atoms with van der Waals surface area (Å²) >= 11 is 0. The van der Waals surface area contributed by atoms with Gasteiger partial charge in [0.1, 0.15) is 0 Å². The quantitative estimate of drug-likeness (QED) is 0.909. The summed E-state index contributed by atoms with van der Waals surface area (Å²) in [7, 11) is 0. The molecule has 0 bridgehead atoms. The van der Waals surface area contributed by atoms with Crippen LogP contribution >= 0.6 is 0 Å². The number of carbonyl (C=O) groups excluding carboxylic acids is 1. The molecule has 4 heteroatoms. The van der Waals surface area contributed by atoms with Crippen molar-refractivity contribution in [2.24, 2.45) is 5.92 Å². The minimum atomic E-state index is -0.0876. The standard InChI is InChI=1S/C18H28N2O2/c1-14(2)17(15-8-6-5-7-9-15)19-16(21)12-20-10-11-22-13-18(20,3)4/h5-9,14,17H,10-13H2,1-4H3,(H,19,21). The summed E-state index contributed by atoms with van der Waals surface area (Å²) in [5.41, 5.74) is 1.07. The van der Waals surface area contributed by atoms with Gasteiger partial charge in [0.15, 0.2) is 0 Å². The van der Waals surface area contributed by atoms with E-state index >= 15 is 0 Å². The van der Waals surface area contributed by atoms with E-state index in [1.807, 2.05) is 18.2 Å². The molecule has 1 aromatic carbocycles. The molecule has 4 nitrogen and oxygen atoms in total. The molecule has 122 valence electrons. The summed E-state index contributed by atoms with van der Waals surface area (Å²) in [6.45, 7) is 11.1. The summed E-state index contributed by atoms with van der Waals surface area (Å²) in [4.78, 5) is 14.7. The predicted octanol–water partition coefficient (Wildman–Crippen LogP) is 2.61. The second-order valence-corrected chi connectivity index (χ2v) is 6.99. The Morgan fingerprint density at radius 3 is 2.59 bits per heavy atom. The van der Waals surface area contributed by atoms with Crippen LogP contribution < -0.4 is 5.32 Å². The van der Waals surface area contributed by atoms with Crippen LogP contribution in [0.15, 0.2) is 30.3 Å². The van der Waals surface area contributed by atoms with Crippen LogP contribution in [0, 0.1) is 5.92 Å². The highest BCUT2D eigenvalue weighted by atomic mass is 16.5. The first-order valence-corrected chi connectivity index (χ1v) is 8.07. The molecule has 0 spiro atoms. The zero-order valence-corrected chi connectivity index (χ0v) is 14.1. The van der Waals surface area contributed by atoms with Gasteiger partial charge < -0.3 is 10.1 Å². The van der Waals surface area contributed by atoms with Crippen molar-refractivity contribution in [3.63, 3.8) is 0 Å². The lowest BCUT2D eigenvalue weighted by atomic mass is 9.96. The van der Waals surface area contributed by atoms with Gasteiger partial charge in [-0.1, -0.05) is 44.2 Å². The molecule has 1 fully saturated rings. The van der Waals surface area contributed by atoms with E-state index in [-0.39, 0.29) is 17.5 Å². The maximum absolute atomic E-state index is 12.5. The number of ether oxygens (including phenoxy) is 1. The van der Waals surface area contributed by atoms with Gasteiger partial charge in [0, 0.05) is 12.1 Å². The molecule has 0 aliphatic carbocycles. The number of amides is 1. The molecule has 0 aromatic heterocycles. The van der Waals surface area contributed by atoms with E-state index < -0.39 is 0 Å². The molecule has 1 N–H and O–H groups in total. The van der Waals surface area contributed by atoms with E-state index in [4.69, 9.17) is 4.74 Å². The van der Waals surface area contributed by atoms with Gasteiger partial charge in [0.2, 0.25) is 5.91 Å². The fraction of sp³-hybridized carbons (Fsp3) is 0.611. The molecule has 0 radical (unpaired) electrons. The molecule has 2 rings (SSSR count). The number of hydrogen-bond donors (Lipinski definition) is 1. The largest absolute Gasteiger partial charge is 0.378 e. The molecule has 0 saturated carbocycles. The van der Waals surface area contributed by atoms with Crippen LogP contribution in [-0.2, 0) is 9.53 Å². The molecular formula is C18H28N2O2. The first-order chi connectivity index (χ1) is 10.4. The second kappa shape index (κ2) is 7.25. The Labute approximate surface area is 133 Å². The van der Waals surface area contributed by atoms with Crippen molar-refractivity contribution in [1.82, 2.24) is 10.2 Å². The van der Waals surface area contributed by atoms with Crippen LogP contribution in [0.1, 0.15) is 39.3 Å². The minimum Gasteiger partial charge on any atom is -0.378 e. The van der Waals surface area contributed by atoms with Gasteiger partial charge >= 0.3 is 0 Å². The van der Waals surface area contributed by atoms with Gasteiger partial charge in [-0.3, -0.25) is 9.69 Å². The minimum absolute atomic E-state index is 0.0536. The molecule has 22 heavy (non-hydrogen) atoms. The second-order valence-electron chi connectivity index (χ2n) is 6.99. The fourth-order valence-electron chi connectivity index (χ4n) is 2.87. The van der Waals surface area contributed by atoms with Gasteiger partial charge in [-0.05, 0) is 25.3 Å². The first kappa shape index (κ1) is 17.0. The van der Waals surface area contributed by atoms with Crippen LogP contribution in [-0.4, -0.2) is 42.6 Å². The van der Waals surface area contributed by atoms with Crippen LogP contribution in [0.5, 0.6) is 0 Å². The fourth-order valence-corrected chi connectivity index (χ4v) is 2.87. The number of carbonyl (C=O) groups is 1. The van der Waals surface area contributed by atoms with E-state index in [0.29, 0.717) is 25.7 Å². The third kappa shape index (κ3) is 4.31. The molecule has 1 saturated heterocycles. The van der Waals surface area contributed by atoms with Gasteiger partial charge in [-0.25, -0.2) is 0 Å². The van der Waals surface area contributed by atoms with Crippen LogP contribution in [0.4, 0.5) is 0 Å². The Hall–Kier alpha value is -1.39. The molecular weight excluding hydrogens is 276 g/mol. The molecule has 1 unspecified atom stereocenters. The summed E-state index contributed by atoms with van der Waals surface area (Å²) in [5, 5.41) is 3.20. The first-order valence-electron chi connectivity index (χ1n) is 8.07. The van der Waals surface area contributed by atoms with Crippen molar-refractivity contribution in [2.75, 3.05) is 26.3 Å². The zero-order valence-electron chi connectivity index (χ0n) is 14.1. The molecule has 1 aromatic rings. The van der Waals surface area contributed by atoms with Gasteiger partial charge in [0.25, 0.3) is 0 Å². The normalized spacial score (nSPS) is 19.9. The number of rotatable bonds is 5. The van der Waals surface area contributed by atoms with Crippen molar-refractivity contribution in [2.45, 2.75) is 39.3 Å². The smallest absolute Gasteiger partial charge is 0.234 e. The Balaban J connectivity index is 2.00. The number of nitrogens with zero attached hydrogens (tertiary/aromatic N) is 1. The van der Waals surface area contributed by atoms with Crippen LogP contribution in [0.25, 0.3) is 0 Å². The third-order valence-electron chi connectivity index (χ3n) is 4.29. The predicted molar refractivity (Wildman–Crippen MR) is 88.6 cm³/mol. The molecule has 1 atom stereocenters. The van der Waals surface area contributed by atoms with Crippen molar-refractivity contribution < 1.29 is 9.53 Å². The Morgan fingerprint density at radius 1 is 1.32 bits per heavy atom. The van der Waals surface area contributed by atoms with E-state index in [2.05, 4.69) is 50.0 Å². The van der Waals surface area contributed by atoms with Crippen molar-refractivity contribution in [1.29, 1.82) is 0 Å². The zero-order chi connectivity index (χ0) is 16.2. The third-order valence-corrected chi connectivity index (χ3v) is 4.29. The Bertz CT molecular complexity index is 485. The number of hydrogen-bond acceptors (Lipinski definition) is 3. The SMILES string of the molecule is CC(C)C(NC(=O)CN1CCOCC1(C)C)c1ccccc1. The van der Waals surface area contributed by atoms with Gasteiger partial charge in [0.05, 0.1) is 25.8 Å². The Morgan fingerprint density at radius 2 is 2.00 bits per heavy atom. The van der Waals surface area contributed by atoms with E-state index in [9.17, 15) is 4.79 Å². The van der Waals surface area contributed by atoms with Gasteiger partial charge in [-0.2, -0.15) is 0 Å². The average molecular weight is 304 g/mol. The molecule has 1 aliphatic rings. The van der Waals surface area contributed by atoms with Crippen LogP contribution in [0.3, 0.4) is 0 Å². The van der Waals surface area contributed by atoms with Crippen molar-refractivity contribution >= 4 is 5.91 Å².